The summed E-state index contributed by atoms with van der Waals surface area (Å²) in [5, 5.41) is 5.26. The van der Waals surface area contributed by atoms with Crippen LogP contribution in [0.2, 0.25) is 0 Å². The van der Waals surface area contributed by atoms with Crippen LogP contribution in [-0.4, -0.2) is 74.6 Å². The molecule has 0 aliphatic carbocycles. The van der Waals surface area contributed by atoms with Gasteiger partial charge in [0, 0.05) is 36.9 Å². The van der Waals surface area contributed by atoms with E-state index in [2.05, 4.69) is 21.7 Å². The normalized spacial score (nSPS) is 17.7. The standard InChI is InChI=1S/C21H32N4O5S/c1-4-24(10-9-16(2)20-18-7-5-6-8-19(18)30-22-20)15-17(3)21(26)23-31(27,28)25-11-13-29-14-12-25/h5-8,16-17H,4,9-15H2,1-3H3,(H,23,26). The van der Waals surface area contributed by atoms with Gasteiger partial charge in [-0.15, -0.1) is 0 Å². The summed E-state index contributed by atoms with van der Waals surface area (Å²) in [6.45, 7) is 9.11. The van der Waals surface area contributed by atoms with Crippen LogP contribution in [0, 0.1) is 5.92 Å². The molecule has 2 unspecified atom stereocenters. The number of para-hydroxylation sites is 1. The molecule has 2 heterocycles. The number of fused-ring (bicyclic) bond motifs is 1. The Labute approximate surface area is 183 Å². The molecule has 1 aliphatic heterocycles. The second kappa shape index (κ2) is 10.5. The van der Waals surface area contributed by atoms with Crippen LogP contribution in [0.1, 0.15) is 38.8 Å². The van der Waals surface area contributed by atoms with Crippen molar-refractivity contribution >= 4 is 27.1 Å². The summed E-state index contributed by atoms with van der Waals surface area (Å²) in [6.07, 6.45) is 0.852. The summed E-state index contributed by atoms with van der Waals surface area (Å²) in [5.74, 6) is -0.747. The van der Waals surface area contributed by atoms with E-state index in [0.29, 0.717) is 19.8 Å². The number of aromatic nitrogens is 1. The van der Waals surface area contributed by atoms with Gasteiger partial charge >= 0.3 is 10.2 Å². The molecule has 2 aromatic rings. The number of ether oxygens (including phenoxy) is 1. The van der Waals surface area contributed by atoms with E-state index < -0.39 is 22.0 Å². The highest BCUT2D eigenvalue weighted by Gasteiger charge is 2.28. The van der Waals surface area contributed by atoms with Gasteiger partial charge in [0.2, 0.25) is 5.91 Å². The minimum atomic E-state index is -3.83. The van der Waals surface area contributed by atoms with Crippen LogP contribution in [0.5, 0.6) is 0 Å². The molecule has 0 bridgehead atoms. The maximum Gasteiger partial charge on any atom is 0.303 e. The Morgan fingerprint density at radius 1 is 1.26 bits per heavy atom. The number of carbonyl (C=O) groups excluding carboxylic acids is 1. The van der Waals surface area contributed by atoms with Gasteiger partial charge in [0.05, 0.1) is 18.9 Å². The summed E-state index contributed by atoms with van der Waals surface area (Å²) in [7, 11) is -3.83. The number of nitrogens with one attached hydrogen (secondary N) is 1. The molecule has 1 aromatic heterocycles. The fraction of sp³-hybridized carbons (Fsp3) is 0.619. The van der Waals surface area contributed by atoms with E-state index in [0.717, 1.165) is 36.2 Å². The predicted octanol–water partition coefficient (Wildman–Crippen LogP) is 1.97. The van der Waals surface area contributed by atoms with Crippen LogP contribution in [0.25, 0.3) is 11.0 Å². The highest BCUT2D eigenvalue weighted by atomic mass is 32.2. The molecule has 0 spiro atoms. The summed E-state index contributed by atoms with van der Waals surface area (Å²) >= 11 is 0. The first-order valence-electron chi connectivity index (χ1n) is 10.8. The van der Waals surface area contributed by atoms with Crippen LogP contribution in [0.3, 0.4) is 0 Å². The number of carbonyl (C=O) groups is 1. The predicted molar refractivity (Wildman–Crippen MR) is 118 cm³/mol. The number of benzene rings is 1. The van der Waals surface area contributed by atoms with E-state index in [1.54, 1.807) is 6.92 Å². The van der Waals surface area contributed by atoms with Crippen LogP contribution in [-0.2, 0) is 19.7 Å². The Balaban J connectivity index is 1.52. The number of morpholine rings is 1. The Hall–Kier alpha value is -2.01. The molecule has 3 rings (SSSR count). The largest absolute Gasteiger partial charge is 0.379 e. The van der Waals surface area contributed by atoms with Gasteiger partial charge in [-0.1, -0.05) is 38.1 Å². The van der Waals surface area contributed by atoms with Crippen molar-refractivity contribution in [2.24, 2.45) is 5.92 Å². The SMILES string of the molecule is CCN(CCC(C)c1noc2ccccc12)CC(C)C(=O)NS(=O)(=O)N1CCOCC1. The Morgan fingerprint density at radius 2 is 1.97 bits per heavy atom. The van der Waals surface area contributed by atoms with Gasteiger partial charge in [0.1, 0.15) is 0 Å². The molecule has 2 atom stereocenters. The van der Waals surface area contributed by atoms with Crippen molar-refractivity contribution < 1.29 is 22.5 Å². The zero-order valence-corrected chi connectivity index (χ0v) is 19.2. The van der Waals surface area contributed by atoms with Gasteiger partial charge in [0.15, 0.2) is 5.58 Å². The topological polar surface area (TPSA) is 105 Å². The number of nitrogens with zero attached hydrogens (tertiary/aromatic N) is 3. The lowest BCUT2D eigenvalue weighted by molar-refractivity contribution is -0.123. The van der Waals surface area contributed by atoms with Crippen molar-refractivity contribution in [3.05, 3.63) is 30.0 Å². The zero-order valence-electron chi connectivity index (χ0n) is 18.4. The van der Waals surface area contributed by atoms with E-state index in [9.17, 15) is 13.2 Å². The highest BCUT2D eigenvalue weighted by Crippen LogP contribution is 2.27. The quantitative estimate of drug-likeness (QED) is 0.588. The number of hydrogen-bond acceptors (Lipinski definition) is 7. The van der Waals surface area contributed by atoms with Crippen molar-refractivity contribution in [3.8, 4) is 0 Å². The average molecular weight is 453 g/mol. The van der Waals surface area contributed by atoms with Crippen LogP contribution < -0.4 is 4.72 Å². The average Bonchev–Trinajstić information content (AvgIpc) is 3.21. The van der Waals surface area contributed by atoms with Crippen molar-refractivity contribution in [3.63, 3.8) is 0 Å². The van der Waals surface area contributed by atoms with Gasteiger partial charge in [0.25, 0.3) is 0 Å². The lowest BCUT2D eigenvalue weighted by atomic mass is 10.00. The van der Waals surface area contributed by atoms with Crippen molar-refractivity contribution in [1.82, 2.24) is 19.1 Å². The number of amides is 1. The van der Waals surface area contributed by atoms with Gasteiger partial charge in [-0.3, -0.25) is 4.79 Å². The molecule has 9 nitrogen and oxygen atoms in total. The minimum absolute atomic E-state index is 0.198. The molecule has 172 valence electrons. The third-order valence-corrected chi connectivity index (χ3v) is 7.22. The maximum atomic E-state index is 12.5. The maximum absolute atomic E-state index is 12.5. The van der Waals surface area contributed by atoms with Gasteiger partial charge in [-0.2, -0.15) is 12.7 Å². The fourth-order valence-electron chi connectivity index (χ4n) is 3.70. The van der Waals surface area contributed by atoms with Crippen molar-refractivity contribution in [1.29, 1.82) is 0 Å². The summed E-state index contributed by atoms with van der Waals surface area (Å²) in [4.78, 5) is 14.7. The smallest absolute Gasteiger partial charge is 0.303 e. The monoisotopic (exact) mass is 452 g/mol. The molecule has 1 saturated heterocycles. The second-order valence-electron chi connectivity index (χ2n) is 8.03. The second-order valence-corrected chi connectivity index (χ2v) is 9.70. The third-order valence-electron chi connectivity index (χ3n) is 5.72. The molecule has 1 aliphatic rings. The van der Waals surface area contributed by atoms with E-state index in [1.165, 1.54) is 4.31 Å². The molecule has 0 saturated carbocycles. The van der Waals surface area contributed by atoms with E-state index in [4.69, 9.17) is 9.26 Å². The molecular weight excluding hydrogens is 420 g/mol. The lowest BCUT2D eigenvalue weighted by Gasteiger charge is -2.28. The van der Waals surface area contributed by atoms with E-state index in [-0.39, 0.29) is 19.0 Å². The van der Waals surface area contributed by atoms with Gasteiger partial charge < -0.3 is 14.2 Å². The first kappa shape index (κ1) is 23.6. The van der Waals surface area contributed by atoms with Crippen LogP contribution in [0.4, 0.5) is 0 Å². The lowest BCUT2D eigenvalue weighted by Crippen LogP contribution is -2.50. The number of hydrogen-bond donors (Lipinski definition) is 1. The molecule has 10 heteroatoms. The van der Waals surface area contributed by atoms with E-state index >= 15 is 0 Å². The van der Waals surface area contributed by atoms with Crippen LogP contribution >= 0.6 is 0 Å². The fourth-order valence-corrected chi connectivity index (χ4v) is 4.92. The summed E-state index contributed by atoms with van der Waals surface area (Å²) in [6, 6.07) is 7.81. The first-order valence-corrected chi connectivity index (χ1v) is 12.2. The Kier molecular flexibility index (Phi) is 8.04. The van der Waals surface area contributed by atoms with Crippen molar-refractivity contribution in [2.75, 3.05) is 45.9 Å². The molecule has 1 amide bonds. The molecular formula is C21H32N4O5S. The highest BCUT2D eigenvalue weighted by molar-refractivity contribution is 7.87. The third kappa shape index (κ3) is 6.03. The van der Waals surface area contributed by atoms with Crippen LogP contribution in [0.15, 0.2) is 28.8 Å². The summed E-state index contributed by atoms with van der Waals surface area (Å²) < 4.78 is 38.9. The molecule has 1 N–H and O–H groups in total. The Morgan fingerprint density at radius 3 is 2.68 bits per heavy atom. The molecule has 1 aromatic carbocycles. The summed E-state index contributed by atoms with van der Waals surface area (Å²) in [5.41, 5.74) is 1.72. The minimum Gasteiger partial charge on any atom is -0.379 e. The van der Waals surface area contributed by atoms with Gasteiger partial charge in [-0.05, 0) is 31.6 Å². The molecule has 1 fully saturated rings. The Bertz CT molecular complexity index is 971. The van der Waals surface area contributed by atoms with Crippen molar-refractivity contribution in [2.45, 2.75) is 33.1 Å². The molecule has 0 radical (unpaired) electrons. The zero-order chi connectivity index (χ0) is 22.4. The first-order chi connectivity index (χ1) is 14.8. The number of rotatable bonds is 10. The van der Waals surface area contributed by atoms with E-state index in [1.807, 2.05) is 31.2 Å². The molecule has 31 heavy (non-hydrogen) atoms. The van der Waals surface area contributed by atoms with Gasteiger partial charge in [-0.25, -0.2) is 4.72 Å².